The van der Waals surface area contributed by atoms with Crippen LogP contribution in [-0.4, -0.2) is 18.0 Å². The highest BCUT2D eigenvalue weighted by Crippen LogP contribution is 2.19. The van der Waals surface area contributed by atoms with Gasteiger partial charge in [0.1, 0.15) is 0 Å². The zero-order valence-corrected chi connectivity index (χ0v) is 11.4. The van der Waals surface area contributed by atoms with Gasteiger partial charge in [0.2, 0.25) is 5.91 Å². The normalized spacial score (nSPS) is 12.6. The molecule has 0 aromatic heterocycles. The maximum absolute atomic E-state index is 11.9. The summed E-state index contributed by atoms with van der Waals surface area (Å²) in [6.07, 6.45) is 0. The summed E-state index contributed by atoms with van der Waals surface area (Å²) in [5, 5.41) is 5.15. The monoisotopic (exact) mass is 264 g/mol. The van der Waals surface area contributed by atoms with E-state index < -0.39 is 12.1 Å². The Morgan fingerprint density at radius 3 is 1.84 bits per heavy atom. The SMILES string of the molecule is CC(C)(C)C(N)C(=O)Nc1ccc(NC(N)=O)cc1. The highest BCUT2D eigenvalue weighted by molar-refractivity contribution is 5.95. The fourth-order valence-electron chi connectivity index (χ4n) is 1.39. The molecule has 1 atom stereocenters. The Kier molecular flexibility index (Phi) is 4.50. The van der Waals surface area contributed by atoms with Crippen LogP contribution in [-0.2, 0) is 4.79 Å². The largest absolute Gasteiger partial charge is 0.351 e. The molecule has 0 aliphatic heterocycles. The number of urea groups is 1. The first-order chi connectivity index (χ1) is 8.70. The molecule has 0 spiro atoms. The molecule has 0 aliphatic rings. The van der Waals surface area contributed by atoms with Crippen molar-refractivity contribution in [1.29, 1.82) is 0 Å². The quantitative estimate of drug-likeness (QED) is 0.663. The van der Waals surface area contributed by atoms with Crippen molar-refractivity contribution >= 4 is 23.3 Å². The Labute approximate surface area is 112 Å². The number of amides is 3. The van der Waals surface area contributed by atoms with Crippen LogP contribution in [0.1, 0.15) is 20.8 Å². The smallest absolute Gasteiger partial charge is 0.316 e. The van der Waals surface area contributed by atoms with Gasteiger partial charge in [0.15, 0.2) is 0 Å². The van der Waals surface area contributed by atoms with Crippen molar-refractivity contribution in [2.45, 2.75) is 26.8 Å². The third kappa shape index (κ3) is 4.59. The lowest BCUT2D eigenvalue weighted by atomic mass is 9.87. The summed E-state index contributed by atoms with van der Waals surface area (Å²) in [4.78, 5) is 22.6. The van der Waals surface area contributed by atoms with E-state index in [4.69, 9.17) is 11.5 Å². The van der Waals surface area contributed by atoms with Gasteiger partial charge in [-0.15, -0.1) is 0 Å². The molecule has 1 aromatic rings. The Bertz CT molecular complexity index is 463. The summed E-state index contributed by atoms with van der Waals surface area (Å²) in [6, 6.07) is 5.38. The molecule has 0 radical (unpaired) electrons. The number of nitrogens with one attached hydrogen (secondary N) is 2. The van der Waals surface area contributed by atoms with Crippen LogP contribution in [0.3, 0.4) is 0 Å². The first-order valence-electron chi connectivity index (χ1n) is 5.93. The van der Waals surface area contributed by atoms with E-state index in [1.165, 1.54) is 0 Å². The van der Waals surface area contributed by atoms with Crippen LogP contribution >= 0.6 is 0 Å². The number of hydrogen-bond acceptors (Lipinski definition) is 3. The standard InChI is InChI=1S/C13H20N4O2/c1-13(2,3)10(14)11(18)16-8-4-6-9(7-5-8)17-12(15)19/h4-7,10H,14H2,1-3H3,(H,16,18)(H3,15,17,19). The minimum Gasteiger partial charge on any atom is -0.351 e. The molecule has 6 nitrogen and oxygen atoms in total. The summed E-state index contributed by atoms with van der Waals surface area (Å²) in [5.74, 6) is -0.247. The number of benzene rings is 1. The number of carbonyl (C=O) groups is 2. The molecule has 3 amide bonds. The summed E-state index contributed by atoms with van der Waals surface area (Å²) < 4.78 is 0. The molecule has 1 unspecified atom stereocenters. The highest BCUT2D eigenvalue weighted by atomic mass is 16.2. The first-order valence-corrected chi connectivity index (χ1v) is 5.93. The Morgan fingerprint density at radius 2 is 1.47 bits per heavy atom. The topological polar surface area (TPSA) is 110 Å². The molecular formula is C13H20N4O2. The van der Waals surface area contributed by atoms with Gasteiger partial charge in [-0.2, -0.15) is 0 Å². The molecule has 6 N–H and O–H groups in total. The zero-order chi connectivity index (χ0) is 14.6. The van der Waals surface area contributed by atoms with E-state index in [0.717, 1.165) is 0 Å². The number of hydrogen-bond donors (Lipinski definition) is 4. The van der Waals surface area contributed by atoms with Crippen LogP contribution in [0.5, 0.6) is 0 Å². The van der Waals surface area contributed by atoms with Crippen LogP contribution in [0.4, 0.5) is 16.2 Å². The van der Waals surface area contributed by atoms with Crippen molar-refractivity contribution in [1.82, 2.24) is 0 Å². The van der Waals surface area contributed by atoms with Gasteiger partial charge < -0.3 is 22.1 Å². The second kappa shape index (κ2) is 5.71. The highest BCUT2D eigenvalue weighted by Gasteiger charge is 2.27. The van der Waals surface area contributed by atoms with Crippen LogP contribution in [0.15, 0.2) is 24.3 Å². The summed E-state index contributed by atoms with van der Waals surface area (Å²) >= 11 is 0. The molecular weight excluding hydrogens is 244 g/mol. The van der Waals surface area contributed by atoms with E-state index in [2.05, 4.69) is 10.6 Å². The molecule has 0 saturated heterocycles. The predicted molar refractivity (Wildman–Crippen MR) is 75.7 cm³/mol. The van der Waals surface area contributed by atoms with Gasteiger partial charge in [0.05, 0.1) is 6.04 Å². The van der Waals surface area contributed by atoms with Crippen LogP contribution in [0, 0.1) is 5.41 Å². The fourth-order valence-corrected chi connectivity index (χ4v) is 1.39. The van der Waals surface area contributed by atoms with E-state index in [1.807, 2.05) is 20.8 Å². The second-order valence-corrected chi connectivity index (χ2v) is 5.40. The summed E-state index contributed by atoms with van der Waals surface area (Å²) in [7, 11) is 0. The van der Waals surface area contributed by atoms with Crippen molar-refractivity contribution in [2.75, 3.05) is 10.6 Å². The lowest BCUT2D eigenvalue weighted by molar-refractivity contribution is -0.119. The van der Waals surface area contributed by atoms with Gasteiger partial charge in [-0.05, 0) is 29.7 Å². The average Bonchev–Trinajstić information content (AvgIpc) is 2.28. The molecule has 0 fully saturated rings. The number of rotatable bonds is 3. The third-order valence-electron chi connectivity index (χ3n) is 2.64. The lowest BCUT2D eigenvalue weighted by Crippen LogP contribution is -2.45. The Hall–Kier alpha value is -2.08. The number of carbonyl (C=O) groups excluding carboxylic acids is 2. The van der Waals surface area contributed by atoms with Gasteiger partial charge in [0, 0.05) is 11.4 Å². The van der Waals surface area contributed by atoms with E-state index in [9.17, 15) is 9.59 Å². The Morgan fingerprint density at radius 1 is 1.05 bits per heavy atom. The molecule has 0 saturated carbocycles. The number of nitrogens with two attached hydrogens (primary N) is 2. The minimum atomic E-state index is -0.633. The Balaban J connectivity index is 2.68. The van der Waals surface area contributed by atoms with E-state index in [-0.39, 0.29) is 11.3 Å². The second-order valence-electron chi connectivity index (χ2n) is 5.40. The van der Waals surface area contributed by atoms with Gasteiger partial charge in [-0.25, -0.2) is 4.79 Å². The van der Waals surface area contributed by atoms with Crippen LogP contribution in [0.2, 0.25) is 0 Å². The first kappa shape index (κ1) is 15.0. The van der Waals surface area contributed by atoms with E-state index in [0.29, 0.717) is 11.4 Å². The minimum absolute atomic E-state index is 0.247. The number of anilines is 2. The average molecular weight is 264 g/mol. The molecule has 104 valence electrons. The van der Waals surface area contributed by atoms with Crippen molar-refractivity contribution in [2.24, 2.45) is 16.9 Å². The van der Waals surface area contributed by atoms with Crippen LogP contribution < -0.4 is 22.1 Å². The maximum Gasteiger partial charge on any atom is 0.316 e. The fraction of sp³-hybridized carbons (Fsp3) is 0.385. The third-order valence-corrected chi connectivity index (χ3v) is 2.64. The molecule has 0 bridgehead atoms. The van der Waals surface area contributed by atoms with Gasteiger partial charge >= 0.3 is 6.03 Å². The van der Waals surface area contributed by atoms with Gasteiger partial charge in [-0.3, -0.25) is 4.79 Å². The summed E-state index contributed by atoms with van der Waals surface area (Å²) in [6.45, 7) is 5.70. The van der Waals surface area contributed by atoms with E-state index in [1.54, 1.807) is 24.3 Å². The van der Waals surface area contributed by atoms with Crippen molar-refractivity contribution in [3.05, 3.63) is 24.3 Å². The zero-order valence-electron chi connectivity index (χ0n) is 11.4. The number of primary amides is 1. The van der Waals surface area contributed by atoms with Crippen molar-refractivity contribution < 1.29 is 9.59 Å². The van der Waals surface area contributed by atoms with Crippen molar-refractivity contribution in [3.63, 3.8) is 0 Å². The molecule has 19 heavy (non-hydrogen) atoms. The summed E-state index contributed by atoms with van der Waals surface area (Å²) in [5.41, 5.74) is 11.7. The van der Waals surface area contributed by atoms with Crippen LogP contribution in [0.25, 0.3) is 0 Å². The van der Waals surface area contributed by atoms with Crippen molar-refractivity contribution in [3.8, 4) is 0 Å². The molecule has 6 heteroatoms. The van der Waals surface area contributed by atoms with E-state index >= 15 is 0 Å². The molecule has 0 heterocycles. The lowest BCUT2D eigenvalue weighted by Gasteiger charge is -2.25. The predicted octanol–water partition coefficient (Wildman–Crippen LogP) is 1.49. The van der Waals surface area contributed by atoms with Gasteiger partial charge in [0.25, 0.3) is 0 Å². The molecule has 0 aliphatic carbocycles. The molecule has 1 rings (SSSR count). The van der Waals surface area contributed by atoms with Gasteiger partial charge in [-0.1, -0.05) is 20.8 Å². The molecule has 1 aromatic carbocycles. The maximum atomic E-state index is 11.9.